The van der Waals surface area contributed by atoms with Crippen molar-refractivity contribution in [2.24, 2.45) is 0 Å². The minimum Gasteiger partial charge on any atom is -0.469 e. The van der Waals surface area contributed by atoms with Crippen molar-refractivity contribution < 1.29 is 8.81 Å². The molecule has 0 aliphatic carbocycles. The Morgan fingerprint density at radius 1 is 0.913 bits per heavy atom. The standard InChI is InChI=1S/C20H20FNO/c21-18-10-8-17(9-11-18)19(20-7-4-14-23-20)12-13-22-15-16-5-2-1-3-6-16/h1-11,14,19,22H,12-13,15H2/t19-/m0/s1. The van der Waals surface area contributed by atoms with Crippen LogP contribution in [0.15, 0.2) is 77.4 Å². The van der Waals surface area contributed by atoms with Gasteiger partial charge in [0.1, 0.15) is 11.6 Å². The molecule has 0 saturated carbocycles. The number of furan rings is 1. The molecule has 0 aliphatic heterocycles. The summed E-state index contributed by atoms with van der Waals surface area (Å²) in [5, 5.41) is 3.46. The fourth-order valence-corrected chi connectivity index (χ4v) is 2.73. The zero-order valence-corrected chi connectivity index (χ0v) is 12.9. The van der Waals surface area contributed by atoms with Crippen molar-refractivity contribution in [1.29, 1.82) is 0 Å². The predicted octanol–water partition coefficient (Wildman–Crippen LogP) is 4.73. The third-order valence-electron chi connectivity index (χ3n) is 3.94. The van der Waals surface area contributed by atoms with Crippen molar-refractivity contribution in [2.75, 3.05) is 6.54 Å². The summed E-state index contributed by atoms with van der Waals surface area (Å²) in [5.41, 5.74) is 2.34. The Bertz CT molecular complexity index is 692. The number of benzene rings is 2. The topological polar surface area (TPSA) is 25.2 Å². The highest BCUT2D eigenvalue weighted by atomic mass is 19.1. The van der Waals surface area contributed by atoms with Gasteiger partial charge >= 0.3 is 0 Å². The van der Waals surface area contributed by atoms with Crippen molar-refractivity contribution in [2.45, 2.75) is 18.9 Å². The maximum absolute atomic E-state index is 13.2. The third-order valence-corrected chi connectivity index (χ3v) is 3.94. The molecule has 0 fully saturated rings. The average molecular weight is 309 g/mol. The van der Waals surface area contributed by atoms with Crippen LogP contribution in [0.1, 0.15) is 29.2 Å². The van der Waals surface area contributed by atoms with E-state index in [2.05, 4.69) is 17.4 Å². The van der Waals surface area contributed by atoms with Gasteiger partial charge < -0.3 is 9.73 Å². The molecule has 0 bridgehead atoms. The van der Waals surface area contributed by atoms with Gasteiger partial charge in [-0.05, 0) is 48.4 Å². The van der Waals surface area contributed by atoms with Crippen LogP contribution in [-0.4, -0.2) is 6.54 Å². The van der Waals surface area contributed by atoms with E-state index in [9.17, 15) is 4.39 Å². The Kier molecular flexibility index (Phi) is 5.22. The summed E-state index contributed by atoms with van der Waals surface area (Å²) in [6.45, 7) is 1.70. The van der Waals surface area contributed by atoms with Gasteiger partial charge in [-0.15, -0.1) is 0 Å². The van der Waals surface area contributed by atoms with E-state index in [1.54, 1.807) is 6.26 Å². The molecule has 0 aliphatic rings. The maximum Gasteiger partial charge on any atom is 0.123 e. The SMILES string of the molecule is Fc1ccc([C@H](CCNCc2ccccc2)c2ccco2)cc1. The van der Waals surface area contributed by atoms with E-state index in [4.69, 9.17) is 4.42 Å². The summed E-state index contributed by atoms with van der Waals surface area (Å²) in [7, 11) is 0. The second-order valence-electron chi connectivity index (χ2n) is 5.57. The number of nitrogens with one attached hydrogen (secondary N) is 1. The van der Waals surface area contributed by atoms with Gasteiger partial charge in [-0.2, -0.15) is 0 Å². The molecule has 3 aromatic rings. The van der Waals surface area contributed by atoms with Gasteiger partial charge in [0.15, 0.2) is 0 Å². The van der Waals surface area contributed by atoms with Crippen molar-refractivity contribution in [3.63, 3.8) is 0 Å². The molecule has 1 N–H and O–H groups in total. The summed E-state index contributed by atoms with van der Waals surface area (Å²) in [6.07, 6.45) is 2.58. The lowest BCUT2D eigenvalue weighted by atomic mass is 9.93. The fraction of sp³-hybridized carbons (Fsp3) is 0.200. The Hall–Kier alpha value is -2.39. The second-order valence-corrected chi connectivity index (χ2v) is 5.57. The van der Waals surface area contributed by atoms with Crippen LogP contribution in [0.2, 0.25) is 0 Å². The average Bonchev–Trinajstić information content (AvgIpc) is 3.11. The van der Waals surface area contributed by atoms with Gasteiger partial charge in [-0.1, -0.05) is 42.5 Å². The van der Waals surface area contributed by atoms with Crippen LogP contribution < -0.4 is 5.32 Å². The van der Waals surface area contributed by atoms with Crippen LogP contribution in [0.4, 0.5) is 4.39 Å². The molecule has 118 valence electrons. The third kappa shape index (κ3) is 4.30. The van der Waals surface area contributed by atoms with Gasteiger partial charge in [0.2, 0.25) is 0 Å². The highest BCUT2D eigenvalue weighted by Crippen LogP contribution is 2.28. The quantitative estimate of drug-likeness (QED) is 0.638. The first-order valence-corrected chi connectivity index (χ1v) is 7.86. The van der Waals surface area contributed by atoms with E-state index in [1.807, 2.05) is 42.5 Å². The monoisotopic (exact) mass is 309 g/mol. The van der Waals surface area contributed by atoms with E-state index in [1.165, 1.54) is 17.7 Å². The summed E-state index contributed by atoms with van der Waals surface area (Å²) >= 11 is 0. The molecule has 0 unspecified atom stereocenters. The van der Waals surface area contributed by atoms with Gasteiger partial charge in [-0.25, -0.2) is 4.39 Å². The maximum atomic E-state index is 13.2. The Morgan fingerprint density at radius 3 is 2.39 bits per heavy atom. The first-order chi connectivity index (χ1) is 11.3. The number of rotatable bonds is 7. The van der Waals surface area contributed by atoms with Gasteiger partial charge in [0.05, 0.1) is 6.26 Å². The van der Waals surface area contributed by atoms with Crippen LogP contribution in [-0.2, 0) is 6.54 Å². The van der Waals surface area contributed by atoms with Crippen LogP contribution >= 0.6 is 0 Å². The Morgan fingerprint density at radius 2 is 1.70 bits per heavy atom. The predicted molar refractivity (Wildman–Crippen MR) is 89.7 cm³/mol. The minimum atomic E-state index is -0.214. The number of hydrogen-bond donors (Lipinski definition) is 1. The molecule has 1 heterocycles. The van der Waals surface area contributed by atoms with Crippen molar-refractivity contribution >= 4 is 0 Å². The van der Waals surface area contributed by atoms with E-state index >= 15 is 0 Å². The summed E-state index contributed by atoms with van der Waals surface area (Å²) in [5.74, 6) is 0.834. The normalized spacial score (nSPS) is 12.2. The number of hydrogen-bond acceptors (Lipinski definition) is 2. The molecule has 23 heavy (non-hydrogen) atoms. The van der Waals surface area contributed by atoms with E-state index in [-0.39, 0.29) is 11.7 Å². The molecule has 0 amide bonds. The molecular formula is C20H20FNO. The molecular weight excluding hydrogens is 289 g/mol. The van der Waals surface area contributed by atoms with Crippen LogP contribution in [0, 0.1) is 5.82 Å². The largest absolute Gasteiger partial charge is 0.469 e. The lowest BCUT2D eigenvalue weighted by molar-refractivity contribution is 0.466. The van der Waals surface area contributed by atoms with Crippen molar-refractivity contribution in [1.82, 2.24) is 5.32 Å². The summed E-state index contributed by atoms with van der Waals surface area (Å²) in [6, 6.07) is 20.9. The van der Waals surface area contributed by atoms with Crippen molar-refractivity contribution in [3.05, 3.63) is 95.7 Å². The molecule has 0 spiro atoms. The fourth-order valence-electron chi connectivity index (χ4n) is 2.73. The summed E-state index contributed by atoms with van der Waals surface area (Å²) < 4.78 is 18.7. The molecule has 1 aromatic heterocycles. The van der Waals surface area contributed by atoms with Crippen molar-refractivity contribution in [3.8, 4) is 0 Å². The van der Waals surface area contributed by atoms with Gasteiger partial charge in [-0.3, -0.25) is 0 Å². The van der Waals surface area contributed by atoms with Gasteiger partial charge in [0.25, 0.3) is 0 Å². The smallest absolute Gasteiger partial charge is 0.123 e. The minimum absolute atomic E-state index is 0.133. The molecule has 2 nitrogen and oxygen atoms in total. The molecule has 2 aromatic carbocycles. The zero-order valence-electron chi connectivity index (χ0n) is 12.9. The number of halogens is 1. The van der Waals surface area contributed by atoms with Gasteiger partial charge in [0, 0.05) is 12.5 Å². The molecule has 3 heteroatoms. The van der Waals surface area contributed by atoms with E-state index in [0.29, 0.717) is 0 Å². The lowest BCUT2D eigenvalue weighted by Crippen LogP contribution is -2.17. The second kappa shape index (κ2) is 7.75. The van der Waals surface area contributed by atoms with E-state index in [0.717, 1.165) is 30.8 Å². The first-order valence-electron chi connectivity index (χ1n) is 7.86. The highest BCUT2D eigenvalue weighted by molar-refractivity contribution is 5.27. The molecule has 0 radical (unpaired) electrons. The Balaban J connectivity index is 1.62. The zero-order chi connectivity index (χ0) is 15.9. The van der Waals surface area contributed by atoms with Crippen LogP contribution in [0.5, 0.6) is 0 Å². The van der Waals surface area contributed by atoms with Crippen LogP contribution in [0.3, 0.4) is 0 Å². The summed E-state index contributed by atoms with van der Waals surface area (Å²) in [4.78, 5) is 0. The molecule has 0 saturated heterocycles. The lowest BCUT2D eigenvalue weighted by Gasteiger charge is -2.16. The Labute approximate surface area is 136 Å². The molecule has 3 rings (SSSR count). The molecule has 1 atom stereocenters. The first kappa shape index (κ1) is 15.5. The highest BCUT2D eigenvalue weighted by Gasteiger charge is 2.16. The van der Waals surface area contributed by atoms with Crippen LogP contribution in [0.25, 0.3) is 0 Å². The van der Waals surface area contributed by atoms with E-state index < -0.39 is 0 Å².